The molecule has 2 aromatic carbocycles. The lowest BCUT2D eigenvalue weighted by Gasteiger charge is -2.11. The van der Waals surface area contributed by atoms with Crippen LogP contribution in [0.3, 0.4) is 0 Å². The van der Waals surface area contributed by atoms with E-state index in [2.05, 4.69) is 5.32 Å². The third kappa shape index (κ3) is 3.25. The summed E-state index contributed by atoms with van der Waals surface area (Å²) in [5.74, 6) is -3.57. The van der Waals surface area contributed by atoms with Crippen molar-refractivity contribution in [2.45, 2.75) is 6.54 Å². The van der Waals surface area contributed by atoms with Gasteiger partial charge in [0.1, 0.15) is 17.5 Å². The normalized spacial score (nSPS) is 10.4. The largest absolute Gasteiger partial charge is 0.478 e. The molecule has 110 valence electrons. The van der Waals surface area contributed by atoms with Gasteiger partial charge in [-0.2, -0.15) is 0 Å². The predicted octanol–water partition coefficient (Wildman–Crippen LogP) is 3.00. The van der Waals surface area contributed by atoms with Crippen molar-refractivity contribution in [3.63, 3.8) is 0 Å². The SMILES string of the molecule is Nc1cc(F)c(NCc2ccc(F)cc2F)cc1C(=O)O. The Hall–Kier alpha value is -2.70. The molecule has 0 saturated carbocycles. The van der Waals surface area contributed by atoms with E-state index in [0.29, 0.717) is 6.07 Å². The van der Waals surface area contributed by atoms with Crippen molar-refractivity contribution < 1.29 is 23.1 Å². The monoisotopic (exact) mass is 296 g/mol. The summed E-state index contributed by atoms with van der Waals surface area (Å²) in [5.41, 5.74) is 4.90. The number of carboxylic acid groups (broad SMARTS) is 1. The zero-order chi connectivity index (χ0) is 15.6. The molecule has 0 radical (unpaired) electrons. The van der Waals surface area contributed by atoms with E-state index in [1.54, 1.807) is 0 Å². The second-order valence-corrected chi connectivity index (χ2v) is 4.31. The maximum absolute atomic E-state index is 13.7. The summed E-state index contributed by atoms with van der Waals surface area (Å²) in [5, 5.41) is 11.5. The van der Waals surface area contributed by atoms with Crippen molar-refractivity contribution in [2.75, 3.05) is 11.1 Å². The molecule has 0 amide bonds. The molecule has 0 bridgehead atoms. The lowest BCUT2D eigenvalue weighted by Crippen LogP contribution is -2.08. The zero-order valence-corrected chi connectivity index (χ0v) is 10.7. The minimum atomic E-state index is -1.30. The Morgan fingerprint density at radius 3 is 2.48 bits per heavy atom. The van der Waals surface area contributed by atoms with Gasteiger partial charge in [0.05, 0.1) is 11.3 Å². The van der Waals surface area contributed by atoms with E-state index in [0.717, 1.165) is 18.2 Å². The molecule has 4 N–H and O–H groups in total. The van der Waals surface area contributed by atoms with Gasteiger partial charge in [0.15, 0.2) is 0 Å². The maximum atomic E-state index is 13.7. The third-order valence-electron chi connectivity index (χ3n) is 2.85. The molecular formula is C14H11F3N2O2. The quantitative estimate of drug-likeness (QED) is 0.758. The number of carboxylic acids is 1. The Balaban J connectivity index is 2.23. The molecule has 0 aliphatic carbocycles. The zero-order valence-electron chi connectivity index (χ0n) is 10.7. The molecular weight excluding hydrogens is 285 g/mol. The molecule has 2 rings (SSSR count). The summed E-state index contributed by atoms with van der Waals surface area (Å²) in [6, 6.07) is 4.88. The Morgan fingerprint density at radius 1 is 1.14 bits per heavy atom. The first-order valence-electron chi connectivity index (χ1n) is 5.88. The van der Waals surface area contributed by atoms with Crippen molar-refractivity contribution in [1.82, 2.24) is 0 Å². The van der Waals surface area contributed by atoms with Gasteiger partial charge in [-0.1, -0.05) is 6.07 Å². The molecule has 0 saturated heterocycles. The molecule has 0 aromatic heterocycles. The number of anilines is 2. The molecule has 0 fully saturated rings. The van der Waals surface area contributed by atoms with Crippen LogP contribution in [0, 0.1) is 17.5 Å². The van der Waals surface area contributed by atoms with Gasteiger partial charge in [-0.3, -0.25) is 0 Å². The summed E-state index contributed by atoms with van der Waals surface area (Å²) in [6.45, 7) is -0.133. The van der Waals surface area contributed by atoms with E-state index in [1.165, 1.54) is 6.07 Å². The Kier molecular flexibility index (Phi) is 4.02. The van der Waals surface area contributed by atoms with Gasteiger partial charge in [-0.05, 0) is 18.2 Å². The second-order valence-electron chi connectivity index (χ2n) is 4.31. The van der Waals surface area contributed by atoms with Crippen LogP contribution in [0.5, 0.6) is 0 Å². The van der Waals surface area contributed by atoms with E-state index in [1.807, 2.05) is 0 Å². The molecule has 0 heterocycles. The number of rotatable bonds is 4. The van der Waals surface area contributed by atoms with Crippen LogP contribution in [0.4, 0.5) is 24.5 Å². The van der Waals surface area contributed by atoms with Gasteiger partial charge in [0.2, 0.25) is 0 Å². The van der Waals surface area contributed by atoms with Crippen LogP contribution < -0.4 is 11.1 Å². The number of halogens is 3. The summed E-state index contributed by atoms with van der Waals surface area (Å²) in [6.07, 6.45) is 0. The van der Waals surface area contributed by atoms with E-state index in [4.69, 9.17) is 10.8 Å². The minimum Gasteiger partial charge on any atom is -0.478 e. The van der Waals surface area contributed by atoms with Crippen LogP contribution >= 0.6 is 0 Å². The first-order valence-corrected chi connectivity index (χ1v) is 5.88. The van der Waals surface area contributed by atoms with Crippen molar-refractivity contribution in [2.24, 2.45) is 0 Å². The Morgan fingerprint density at radius 2 is 1.86 bits per heavy atom. The van der Waals surface area contributed by atoms with Gasteiger partial charge in [0.25, 0.3) is 0 Å². The fourth-order valence-electron chi connectivity index (χ4n) is 1.76. The number of nitrogens with one attached hydrogen (secondary N) is 1. The number of hydrogen-bond acceptors (Lipinski definition) is 3. The van der Waals surface area contributed by atoms with Crippen LogP contribution in [0.15, 0.2) is 30.3 Å². The van der Waals surface area contributed by atoms with Crippen molar-refractivity contribution in [3.8, 4) is 0 Å². The first kappa shape index (κ1) is 14.7. The fourth-order valence-corrected chi connectivity index (χ4v) is 1.76. The highest BCUT2D eigenvalue weighted by Gasteiger charge is 2.13. The number of aromatic carboxylic acids is 1. The van der Waals surface area contributed by atoms with Gasteiger partial charge < -0.3 is 16.2 Å². The molecule has 0 aliphatic rings. The third-order valence-corrected chi connectivity index (χ3v) is 2.85. The van der Waals surface area contributed by atoms with Crippen LogP contribution in [-0.4, -0.2) is 11.1 Å². The molecule has 2 aromatic rings. The van der Waals surface area contributed by atoms with Gasteiger partial charge in [-0.15, -0.1) is 0 Å². The van der Waals surface area contributed by atoms with Gasteiger partial charge in [-0.25, -0.2) is 18.0 Å². The van der Waals surface area contributed by atoms with Gasteiger partial charge in [0, 0.05) is 23.9 Å². The maximum Gasteiger partial charge on any atom is 0.337 e. The average molecular weight is 296 g/mol. The predicted molar refractivity (Wildman–Crippen MR) is 71.5 cm³/mol. The second kappa shape index (κ2) is 5.74. The van der Waals surface area contributed by atoms with Crippen LogP contribution in [0.2, 0.25) is 0 Å². The van der Waals surface area contributed by atoms with Crippen LogP contribution in [0.1, 0.15) is 15.9 Å². The molecule has 7 heteroatoms. The highest BCUT2D eigenvalue weighted by Crippen LogP contribution is 2.23. The van der Waals surface area contributed by atoms with Crippen molar-refractivity contribution in [1.29, 1.82) is 0 Å². The number of benzene rings is 2. The van der Waals surface area contributed by atoms with E-state index >= 15 is 0 Å². The van der Waals surface area contributed by atoms with Gasteiger partial charge >= 0.3 is 5.97 Å². The highest BCUT2D eigenvalue weighted by molar-refractivity contribution is 5.94. The summed E-state index contributed by atoms with van der Waals surface area (Å²) < 4.78 is 39.9. The lowest BCUT2D eigenvalue weighted by atomic mass is 10.1. The Bertz CT molecular complexity index is 705. The standard InChI is InChI=1S/C14H11F3N2O2/c15-8-2-1-7(10(16)3-8)6-19-13-4-9(14(20)21)12(18)5-11(13)17/h1-5,19H,6,18H2,(H,20,21). The van der Waals surface area contributed by atoms with Crippen LogP contribution in [0.25, 0.3) is 0 Å². The van der Waals surface area contributed by atoms with Crippen molar-refractivity contribution in [3.05, 3.63) is 58.9 Å². The van der Waals surface area contributed by atoms with E-state index in [9.17, 15) is 18.0 Å². The average Bonchev–Trinajstić information content (AvgIpc) is 2.39. The number of hydrogen-bond donors (Lipinski definition) is 3. The van der Waals surface area contributed by atoms with E-state index in [-0.39, 0.29) is 29.0 Å². The van der Waals surface area contributed by atoms with E-state index < -0.39 is 23.4 Å². The minimum absolute atomic E-state index is 0.115. The number of nitrogens with two attached hydrogens (primary N) is 1. The number of nitrogen functional groups attached to an aromatic ring is 1. The fraction of sp³-hybridized carbons (Fsp3) is 0.0714. The summed E-state index contributed by atoms with van der Waals surface area (Å²) in [4.78, 5) is 10.9. The lowest BCUT2D eigenvalue weighted by molar-refractivity contribution is 0.0698. The molecule has 0 aliphatic heterocycles. The first-order chi connectivity index (χ1) is 9.88. The molecule has 21 heavy (non-hydrogen) atoms. The molecule has 0 atom stereocenters. The van der Waals surface area contributed by atoms with Crippen LogP contribution in [-0.2, 0) is 6.54 Å². The smallest absolute Gasteiger partial charge is 0.337 e. The van der Waals surface area contributed by atoms with Crippen molar-refractivity contribution >= 4 is 17.3 Å². The highest BCUT2D eigenvalue weighted by atomic mass is 19.1. The molecule has 0 spiro atoms. The molecule has 0 unspecified atom stereocenters. The summed E-state index contributed by atoms with van der Waals surface area (Å²) >= 11 is 0. The number of carbonyl (C=O) groups is 1. The summed E-state index contributed by atoms with van der Waals surface area (Å²) in [7, 11) is 0. The Labute approximate surface area is 118 Å². The molecule has 4 nitrogen and oxygen atoms in total. The topological polar surface area (TPSA) is 75.3 Å².